The van der Waals surface area contributed by atoms with Crippen LogP contribution in [0.1, 0.15) is 5.56 Å². The monoisotopic (exact) mass is 341 g/mol. The number of hydrogen-bond acceptors (Lipinski definition) is 4. The Balaban J connectivity index is 2.42. The minimum absolute atomic E-state index is 0.0758. The molecule has 0 saturated carbocycles. The van der Waals surface area contributed by atoms with Gasteiger partial charge in [-0.15, -0.1) is 0 Å². The summed E-state index contributed by atoms with van der Waals surface area (Å²) in [5.41, 5.74) is 0.112. The highest BCUT2D eigenvalue weighted by Gasteiger charge is 2.20. The number of benzene rings is 2. The van der Waals surface area contributed by atoms with E-state index in [1.165, 1.54) is 24.3 Å². The molecule has 0 aromatic heterocycles. The fraction of sp³-hybridized carbons (Fsp3) is 0.0769. The Kier molecular flexibility index (Phi) is 4.31. The van der Waals surface area contributed by atoms with Gasteiger partial charge in [0.1, 0.15) is 0 Å². The summed E-state index contributed by atoms with van der Waals surface area (Å²) in [6.45, 7) is -0.299. The molecule has 2 aromatic rings. The van der Waals surface area contributed by atoms with E-state index in [2.05, 4.69) is 15.9 Å². The molecule has 0 fully saturated rings. The molecule has 0 spiro atoms. The molecule has 0 heterocycles. The van der Waals surface area contributed by atoms with Crippen molar-refractivity contribution in [1.29, 1.82) is 0 Å². The Morgan fingerprint density at radius 2 is 2.10 bits per heavy atom. The van der Waals surface area contributed by atoms with Crippen LogP contribution in [0.25, 0.3) is 0 Å². The van der Waals surface area contributed by atoms with Gasteiger partial charge in [0.25, 0.3) is 0 Å². The normalized spacial score (nSPS) is 10.3. The number of nitro groups is 1. The van der Waals surface area contributed by atoms with Crippen LogP contribution in [0.3, 0.4) is 0 Å². The summed E-state index contributed by atoms with van der Waals surface area (Å²) >= 11 is 3.13. The highest BCUT2D eigenvalue weighted by Crippen LogP contribution is 2.38. The van der Waals surface area contributed by atoms with E-state index < -0.39 is 10.7 Å². The Hall–Kier alpha value is -1.99. The number of ether oxygens (including phenoxy) is 1. The van der Waals surface area contributed by atoms with Crippen LogP contribution in [-0.2, 0) is 6.61 Å². The maximum atomic E-state index is 13.8. The molecule has 0 atom stereocenters. The van der Waals surface area contributed by atoms with Crippen molar-refractivity contribution in [2.24, 2.45) is 0 Å². The van der Waals surface area contributed by atoms with Gasteiger partial charge in [0.2, 0.25) is 5.75 Å². The van der Waals surface area contributed by atoms with Gasteiger partial charge in [-0.1, -0.05) is 12.1 Å². The molecule has 0 aliphatic rings. The SMILES string of the molecule is O=[N+]([O-])c1cccc(Br)c1Oc1ccc(CO)cc1F. The Morgan fingerprint density at radius 3 is 2.70 bits per heavy atom. The number of hydrogen-bond donors (Lipinski definition) is 1. The Morgan fingerprint density at radius 1 is 1.35 bits per heavy atom. The van der Waals surface area contributed by atoms with Crippen molar-refractivity contribution < 1.29 is 19.2 Å². The minimum Gasteiger partial charge on any atom is -0.446 e. The smallest absolute Gasteiger partial charge is 0.312 e. The molecule has 0 unspecified atom stereocenters. The summed E-state index contributed by atoms with van der Waals surface area (Å²) < 4.78 is 19.4. The van der Waals surface area contributed by atoms with Crippen LogP contribution in [0.4, 0.5) is 10.1 Å². The van der Waals surface area contributed by atoms with Crippen molar-refractivity contribution in [3.8, 4) is 11.5 Å². The van der Waals surface area contributed by atoms with Crippen LogP contribution in [0, 0.1) is 15.9 Å². The third-order valence-corrected chi connectivity index (χ3v) is 3.16. The van der Waals surface area contributed by atoms with Crippen LogP contribution in [0.2, 0.25) is 0 Å². The minimum atomic E-state index is -0.707. The second-order valence-electron chi connectivity index (χ2n) is 3.87. The van der Waals surface area contributed by atoms with Gasteiger partial charge in [0.05, 0.1) is 16.0 Å². The molecule has 1 N–H and O–H groups in total. The van der Waals surface area contributed by atoms with E-state index in [0.717, 1.165) is 6.07 Å². The number of nitro benzene ring substituents is 1. The summed E-state index contributed by atoms with van der Waals surface area (Å²) in [5.74, 6) is -0.938. The lowest BCUT2D eigenvalue weighted by Gasteiger charge is -2.09. The number of aliphatic hydroxyl groups is 1. The van der Waals surface area contributed by atoms with E-state index in [0.29, 0.717) is 10.0 Å². The lowest BCUT2D eigenvalue weighted by Crippen LogP contribution is -1.96. The zero-order valence-corrected chi connectivity index (χ0v) is 11.6. The highest BCUT2D eigenvalue weighted by atomic mass is 79.9. The van der Waals surface area contributed by atoms with Crippen LogP contribution in [0.15, 0.2) is 40.9 Å². The zero-order chi connectivity index (χ0) is 14.7. The molecule has 0 radical (unpaired) electrons. The predicted octanol–water partition coefficient (Wildman–Crippen LogP) is 3.78. The van der Waals surface area contributed by atoms with Crippen molar-refractivity contribution in [3.05, 3.63) is 62.4 Å². The van der Waals surface area contributed by atoms with Crippen LogP contribution in [0.5, 0.6) is 11.5 Å². The van der Waals surface area contributed by atoms with Crippen LogP contribution in [-0.4, -0.2) is 10.0 Å². The number of para-hydroxylation sites is 1. The first-order chi connectivity index (χ1) is 9.52. The van der Waals surface area contributed by atoms with Gasteiger partial charge in [-0.05, 0) is 39.7 Å². The molecule has 0 amide bonds. The summed E-state index contributed by atoms with van der Waals surface area (Å²) in [7, 11) is 0. The topological polar surface area (TPSA) is 72.6 Å². The average molecular weight is 342 g/mol. The first-order valence-electron chi connectivity index (χ1n) is 5.53. The molecule has 0 saturated heterocycles. The molecular formula is C13H9BrFNO4. The van der Waals surface area contributed by atoms with Gasteiger partial charge in [-0.2, -0.15) is 0 Å². The lowest BCUT2D eigenvalue weighted by atomic mass is 10.2. The highest BCUT2D eigenvalue weighted by molar-refractivity contribution is 9.10. The van der Waals surface area contributed by atoms with Gasteiger partial charge in [0.15, 0.2) is 11.6 Å². The Bertz CT molecular complexity index is 663. The molecule has 20 heavy (non-hydrogen) atoms. The van der Waals surface area contributed by atoms with Crippen molar-refractivity contribution >= 4 is 21.6 Å². The summed E-state index contributed by atoms with van der Waals surface area (Å²) in [5, 5.41) is 19.8. The van der Waals surface area contributed by atoms with Gasteiger partial charge in [0, 0.05) is 6.07 Å². The van der Waals surface area contributed by atoms with E-state index in [1.54, 1.807) is 6.07 Å². The third kappa shape index (κ3) is 2.94. The van der Waals surface area contributed by atoms with Crippen molar-refractivity contribution in [2.45, 2.75) is 6.61 Å². The van der Waals surface area contributed by atoms with Crippen LogP contribution < -0.4 is 4.74 Å². The van der Waals surface area contributed by atoms with E-state index in [1.807, 2.05) is 0 Å². The van der Waals surface area contributed by atoms with Gasteiger partial charge >= 0.3 is 5.69 Å². The molecule has 5 nitrogen and oxygen atoms in total. The molecule has 7 heteroatoms. The molecule has 2 aromatic carbocycles. The quantitative estimate of drug-likeness (QED) is 0.678. The van der Waals surface area contributed by atoms with Crippen LogP contribution >= 0.6 is 15.9 Å². The zero-order valence-electron chi connectivity index (χ0n) is 10.0. The maximum Gasteiger partial charge on any atom is 0.312 e. The number of nitrogens with zero attached hydrogens (tertiary/aromatic N) is 1. The summed E-state index contributed by atoms with van der Waals surface area (Å²) in [6.07, 6.45) is 0. The molecule has 0 bridgehead atoms. The molecule has 0 aliphatic carbocycles. The van der Waals surface area contributed by atoms with E-state index in [-0.39, 0.29) is 23.8 Å². The van der Waals surface area contributed by atoms with Gasteiger partial charge in [-0.25, -0.2) is 4.39 Å². The van der Waals surface area contributed by atoms with E-state index in [4.69, 9.17) is 9.84 Å². The second kappa shape index (κ2) is 5.98. The molecule has 2 rings (SSSR count). The summed E-state index contributed by atoms with van der Waals surface area (Å²) in [6, 6.07) is 8.20. The van der Waals surface area contributed by atoms with E-state index >= 15 is 0 Å². The number of aliphatic hydroxyl groups excluding tert-OH is 1. The number of halogens is 2. The Labute approximate surface area is 121 Å². The standard InChI is InChI=1S/C13H9BrFNO4/c14-9-2-1-3-11(16(18)19)13(9)20-12-5-4-8(7-17)6-10(12)15/h1-6,17H,7H2. The molecular weight excluding hydrogens is 333 g/mol. The lowest BCUT2D eigenvalue weighted by molar-refractivity contribution is -0.385. The van der Waals surface area contributed by atoms with Gasteiger partial charge < -0.3 is 9.84 Å². The van der Waals surface area contributed by atoms with Crippen molar-refractivity contribution in [2.75, 3.05) is 0 Å². The number of rotatable bonds is 4. The van der Waals surface area contributed by atoms with Gasteiger partial charge in [-0.3, -0.25) is 10.1 Å². The largest absolute Gasteiger partial charge is 0.446 e. The fourth-order valence-electron chi connectivity index (χ4n) is 1.58. The predicted molar refractivity (Wildman–Crippen MR) is 73.2 cm³/mol. The molecule has 0 aliphatic heterocycles. The fourth-order valence-corrected chi connectivity index (χ4v) is 2.01. The van der Waals surface area contributed by atoms with Crippen molar-refractivity contribution in [1.82, 2.24) is 0 Å². The molecule has 104 valence electrons. The second-order valence-corrected chi connectivity index (χ2v) is 4.72. The maximum absolute atomic E-state index is 13.8. The van der Waals surface area contributed by atoms with Crippen molar-refractivity contribution in [3.63, 3.8) is 0 Å². The average Bonchev–Trinajstić information content (AvgIpc) is 2.42. The first-order valence-corrected chi connectivity index (χ1v) is 6.32. The third-order valence-electron chi connectivity index (χ3n) is 2.53. The van der Waals surface area contributed by atoms with E-state index in [9.17, 15) is 14.5 Å². The summed E-state index contributed by atoms with van der Waals surface area (Å²) in [4.78, 5) is 10.3. The first kappa shape index (κ1) is 14.4.